The molecule has 1 unspecified atom stereocenters. The van der Waals surface area contributed by atoms with E-state index in [-0.39, 0.29) is 0 Å². The summed E-state index contributed by atoms with van der Waals surface area (Å²) in [6.07, 6.45) is 28.3. The molecule has 0 aromatic carbocycles. The molecule has 0 radical (unpaired) electrons. The zero-order valence-electron chi connectivity index (χ0n) is 16.9. The molecule has 0 saturated carbocycles. The van der Waals surface area contributed by atoms with Crippen molar-refractivity contribution in [2.75, 3.05) is 0 Å². The molecule has 1 atom stereocenters. The second-order valence-corrected chi connectivity index (χ2v) is 6.31. The molecule has 0 aromatic heterocycles. The van der Waals surface area contributed by atoms with Gasteiger partial charge in [-0.15, -0.1) is 5.73 Å². The third-order valence-electron chi connectivity index (χ3n) is 3.66. The second-order valence-electron chi connectivity index (χ2n) is 6.31. The number of rotatable bonds is 13. The van der Waals surface area contributed by atoms with Crippen molar-refractivity contribution in [2.45, 2.75) is 91.9 Å². The van der Waals surface area contributed by atoms with Crippen molar-refractivity contribution in [2.24, 2.45) is 5.92 Å². The Kier molecular flexibility index (Phi) is 25.0. The molecule has 0 aliphatic heterocycles. The standard InChI is InChI=1S/C19H34.C5H8/c1-4-6-8-10-12-14-16-18-19(3)17-15-13-11-9-7-5-2;1-3-5-4-2/h12-16,18-19H,4-11,17H2,1-3H3;5H,1,4H2,2H3/b14-12-,15-13-,18-16?;. The van der Waals surface area contributed by atoms with Crippen LogP contribution in [-0.2, 0) is 0 Å². The number of hydrogen-bond donors (Lipinski definition) is 0. The minimum absolute atomic E-state index is 0.655. The number of unbranched alkanes of at least 4 members (excludes halogenated alkanes) is 6. The first-order valence-electron chi connectivity index (χ1n) is 10.0. The fourth-order valence-electron chi connectivity index (χ4n) is 2.10. The molecule has 0 aliphatic rings. The normalized spacial score (nSPS) is 12.3. The summed E-state index contributed by atoms with van der Waals surface area (Å²) >= 11 is 0. The average Bonchev–Trinajstić information content (AvgIpc) is 2.58. The summed E-state index contributed by atoms with van der Waals surface area (Å²) in [4.78, 5) is 0. The Morgan fingerprint density at radius 2 is 1.46 bits per heavy atom. The molecule has 0 bridgehead atoms. The van der Waals surface area contributed by atoms with Gasteiger partial charge in [-0.1, -0.05) is 96.4 Å². The Morgan fingerprint density at radius 3 is 1.96 bits per heavy atom. The molecule has 0 saturated heterocycles. The van der Waals surface area contributed by atoms with Gasteiger partial charge in [0.05, 0.1) is 0 Å². The first-order valence-corrected chi connectivity index (χ1v) is 10.0. The van der Waals surface area contributed by atoms with Gasteiger partial charge in [-0.3, -0.25) is 0 Å². The van der Waals surface area contributed by atoms with E-state index in [1.165, 1.54) is 57.8 Å². The highest BCUT2D eigenvalue weighted by Crippen LogP contribution is 2.07. The molecule has 138 valence electrons. The van der Waals surface area contributed by atoms with Crippen LogP contribution < -0.4 is 0 Å². The predicted octanol–water partition coefficient (Wildman–Crippen LogP) is 8.58. The molecule has 0 N–H and O–H groups in total. The maximum absolute atomic E-state index is 3.37. The molecule has 0 amide bonds. The third kappa shape index (κ3) is 25.7. The van der Waals surface area contributed by atoms with Crippen molar-refractivity contribution >= 4 is 0 Å². The van der Waals surface area contributed by atoms with Gasteiger partial charge in [0.15, 0.2) is 0 Å². The lowest BCUT2D eigenvalue weighted by molar-refractivity contribution is 0.717. The highest BCUT2D eigenvalue weighted by molar-refractivity contribution is 5.04. The second kappa shape index (κ2) is 24.0. The maximum atomic E-state index is 3.37. The summed E-state index contributed by atoms with van der Waals surface area (Å²) in [6, 6.07) is 0. The van der Waals surface area contributed by atoms with Gasteiger partial charge < -0.3 is 0 Å². The quantitative estimate of drug-likeness (QED) is 0.137. The van der Waals surface area contributed by atoms with Crippen LogP contribution in [0, 0.1) is 5.92 Å². The number of allylic oxidation sites excluding steroid dienone is 7. The van der Waals surface area contributed by atoms with Crippen LogP contribution in [0.2, 0.25) is 0 Å². The first kappa shape index (κ1) is 25.0. The Labute approximate surface area is 153 Å². The summed E-state index contributed by atoms with van der Waals surface area (Å²) < 4.78 is 0. The fourth-order valence-corrected chi connectivity index (χ4v) is 2.10. The molecule has 24 heavy (non-hydrogen) atoms. The Balaban J connectivity index is 0. The summed E-state index contributed by atoms with van der Waals surface area (Å²) in [7, 11) is 0. The van der Waals surface area contributed by atoms with Crippen molar-refractivity contribution in [3.63, 3.8) is 0 Å². The van der Waals surface area contributed by atoms with E-state index >= 15 is 0 Å². The van der Waals surface area contributed by atoms with Crippen LogP contribution in [0.25, 0.3) is 0 Å². The lowest BCUT2D eigenvalue weighted by Gasteiger charge is -2.00. The molecular formula is C24H42. The molecule has 0 spiro atoms. The van der Waals surface area contributed by atoms with Crippen molar-refractivity contribution < 1.29 is 0 Å². The Hall–Kier alpha value is -1.26. The van der Waals surface area contributed by atoms with Crippen LogP contribution in [0.1, 0.15) is 91.9 Å². The molecule has 0 heterocycles. The van der Waals surface area contributed by atoms with E-state index in [1.54, 1.807) is 0 Å². The molecule has 0 aromatic rings. The zero-order chi connectivity index (χ0) is 18.3. The first-order chi connectivity index (χ1) is 11.7. The zero-order valence-corrected chi connectivity index (χ0v) is 16.9. The van der Waals surface area contributed by atoms with Gasteiger partial charge in [0.1, 0.15) is 0 Å². The van der Waals surface area contributed by atoms with Gasteiger partial charge in [0.25, 0.3) is 0 Å². The van der Waals surface area contributed by atoms with E-state index < -0.39 is 0 Å². The van der Waals surface area contributed by atoms with E-state index in [0.29, 0.717) is 5.92 Å². The van der Waals surface area contributed by atoms with Crippen LogP contribution in [0.5, 0.6) is 0 Å². The molecule has 0 rings (SSSR count). The lowest BCUT2D eigenvalue weighted by Crippen LogP contribution is -1.85. The predicted molar refractivity (Wildman–Crippen MR) is 113 cm³/mol. The van der Waals surface area contributed by atoms with Gasteiger partial charge in [-0.2, -0.15) is 0 Å². The highest BCUT2D eigenvalue weighted by Gasteiger charge is 1.91. The van der Waals surface area contributed by atoms with Crippen molar-refractivity contribution in [1.82, 2.24) is 0 Å². The monoisotopic (exact) mass is 330 g/mol. The fraction of sp³-hybridized carbons (Fsp3) is 0.625. The van der Waals surface area contributed by atoms with E-state index in [0.717, 1.165) is 6.42 Å². The molecular weight excluding hydrogens is 288 g/mol. The van der Waals surface area contributed by atoms with Crippen LogP contribution in [0.3, 0.4) is 0 Å². The minimum Gasteiger partial charge on any atom is -0.133 e. The van der Waals surface area contributed by atoms with Crippen LogP contribution in [-0.4, -0.2) is 0 Å². The van der Waals surface area contributed by atoms with Crippen molar-refractivity contribution in [3.8, 4) is 0 Å². The van der Waals surface area contributed by atoms with Crippen LogP contribution >= 0.6 is 0 Å². The smallest absolute Gasteiger partial charge is 0.0224 e. The van der Waals surface area contributed by atoms with Crippen molar-refractivity contribution in [1.29, 1.82) is 0 Å². The highest BCUT2D eigenvalue weighted by atomic mass is 14.0. The van der Waals surface area contributed by atoms with Gasteiger partial charge in [0, 0.05) is 0 Å². The number of hydrogen-bond acceptors (Lipinski definition) is 0. The minimum atomic E-state index is 0.655. The summed E-state index contributed by atoms with van der Waals surface area (Å²) in [5.74, 6) is 0.655. The van der Waals surface area contributed by atoms with Crippen molar-refractivity contribution in [3.05, 3.63) is 54.8 Å². The average molecular weight is 331 g/mol. The topological polar surface area (TPSA) is 0 Å². The summed E-state index contributed by atoms with van der Waals surface area (Å²) in [5, 5.41) is 0. The molecule has 0 heteroatoms. The van der Waals surface area contributed by atoms with Gasteiger partial charge in [-0.05, 0) is 50.5 Å². The van der Waals surface area contributed by atoms with Crippen LogP contribution in [0.15, 0.2) is 54.8 Å². The molecule has 0 fully saturated rings. The SMILES string of the molecule is C=C=CCC.CCCCC/C=C\C=CC(C)C/C=C\CCCCC. The van der Waals surface area contributed by atoms with Crippen LogP contribution in [0.4, 0.5) is 0 Å². The lowest BCUT2D eigenvalue weighted by atomic mass is 10.1. The summed E-state index contributed by atoms with van der Waals surface area (Å²) in [5.41, 5.74) is 2.64. The van der Waals surface area contributed by atoms with Gasteiger partial charge >= 0.3 is 0 Å². The summed E-state index contributed by atoms with van der Waals surface area (Å²) in [6.45, 7) is 12.2. The molecule has 0 nitrogen and oxygen atoms in total. The van der Waals surface area contributed by atoms with E-state index in [1.807, 2.05) is 6.08 Å². The van der Waals surface area contributed by atoms with Gasteiger partial charge in [0.2, 0.25) is 0 Å². The van der Waals surface area contributed by atoms with E-state index in [2.05, 4.69) is 76.5 Å². The van der Waals surface area contributed by atoms with E-state index in [9.17, 15) is 0 Å². The Morgan fingerprint density at radius 1 is 0.833 bits per heavy atom. The van der Waals surface area contributed by atoms with Gasteiger partial charge in [-0.25, -0.2) is 0 Å². The van der Waals surface area contributed by atoms with E-state index in [4.69, 9.17) is 0 Å². The third-order valence-corrected chi connectivity index (χ3v) is 3.66. The molecule has 0 aliphatic carbocycles. The largest absolute Gasteiger partial charge is 0.133 e. The Bertz CT molecular complexity index is 350. The maximum Gasteiger partial charge on any atom is -0.0224 e.